The summed E-state index contributed by atoms with van der Waals surface area (Å²) in [6, 6.07) is 22.9. The van der Waals surface area contributed by atoms with Gasteiger partial charge in [0.15, 0.2) is 5.03 Å². The zero-order valence-corrected chi connectivity index (χ0v) is 28.2. The molecule has 0 aliphatic heterocycles. The predicted molar refractivity (Wildman–Crippen MR) is 186 cm³/mol. The third-order valence-electron chi connectivity index (χ3n) is 6.87. The van der Waals surface area contributed by atoms with E-state index in [0.717, 1.165) is 11.1 Å². The molecule has 3 amide bonds. The largest absolute Gasteiger partial charge is 0.461 e. The molecule has 3 aromatic carbocycles. The van der Waals surface area contributed by atoms with E-state index in [9.17, 15) is 29.3 Å². The Bertz CT molecular complexity index is 1610. The monoisotopic (exact) mass is 689 g/mol. The summed E-state index contributed by atoms with van der Waals surface area (Å²) in [4.78, 5) is 66.6. The Balaban J connectivity index is 1.69. The summed E-state index contributed by atoms with van der Waals surface area (Å²) in [5.41, 5.74) is 9.13. The van der Waals surface area contributed by atoms with Crippen LogP contribution in [0.15, 0.2) is 89.9 Å². The van der Waals surface area contributed by atoms with Gasteiger partial charge in [0.1, 0.15) is 24.3 Å². The molecule has 0 spiro atoms. The number of rotatable bonds is 16. The number of nitrogens with zero attached hydrogens (tertiary/aromatic N) is 2. The first-order chi connectivity index (χ1) is 23.8. The predicted octanol–water partition coefficient (Wildman–Crippen LogP) is 3.41. The van der Waals surface area contributed by atoms with Gasteiger partial charge >= 0.3 is 12.1 Å². The minimum absolute atomic E-state index is 0.0150. The van der Waals surface area contributed by atoms with E-state index in [-0.39, 0.29) is 38.8 Å². The normalized spacial score (nSPS) is 12.5. The van der Waals surface area contributed by atoms with E-state index in [2.05, 4.69) is 20.9 Å². The standard InChI is InChI=1S/C35H43N7O8/c1-35(2,3)50-34(46)40-28(15-10-20-37-33(36)41-42(47)48)31(44)39-29(21-24-11-6-4-7-12-24)32(45)38-27-18-16-25(17-19-27)22-30(43)49-23-26-13-8-5-9-14-26/h4-9,11-14,16-19,28-29H,10,15,20-23H2,1-3H3,(H,38,45)(H,39,44)(H,40,46)(H3,36,37,41)/t28-,29-/m0/s1. The highest BCUT2D eigenvalue weighted by atomic mass is 16.7. The highest BCUT2D eigenvalue weighted by molar-refractivity contribution is 5.98. The highest BCUT2D eigenvalue weighted by Gasteiger charge is 2.28. The number of nitro groups is 1. The Morgan fingerprint density at radius 1 is 0.840 bits per heavy atom. The maximum Gasteiger partial charge on any atom is 0.408 e. The topological polar surface area (TPSA) is 216 Å². The lowest BCUT2D eigenvalue weighted by atomic mass is 10.0. The van der Waals surface area contributed by atoms with Crippen molar-refractivity contribution in [1.82, 2.24) is 16.1 Å². The third-order valence-corrected chi connectivity index (χ3v) is 6.87. The Morgan fingerprint density at radius 2 is 1.46 bits per heavy atom. The summed E-state index contributed by atoms with van der Waals surface area (Å²) in [7, 11) is 0. The van der Waals surface area contributed by atoms with Crippen molar-refractivity contribution in [3.05, 3.63) is 112 Å². The second-order valence-electron chi connectivity index (χ2n) is 12.2. The van der Waals surface area contributed by atoms with Crippen LogP contribution >= 0.6 is 0 Å². The summed E-state index contributed by atoms with van der Waals surface area (Å²) >= 11 is 0. The van der Waals surface area contributed by atoms with Gasteiger partial charge in [-0.05, 0) is 62.4 Å². The number of nitrogens with one attached hydrogen (secondary N) is 4. The summed E-state index contributed by atoms with van der Waals surface area (Å²) in [5, 5.41) is 17.8. The molecular weight excluding hydrogens is 646 g/mol. The lowest BCUT2D eigenvalue weighted by molar-refractivity contribution is -0.525. The maximum absolute atomic E-state index is 13.6. The zero-order valence-electron chi connectivity index (χ0n) is 28.2. The minimum atomic E-state index is -1.14. The molecule has 0 bridgehead atoms. The van der Waals surface area contributed by atoms with Gasteiger partial charge in [-0.3, -0.25) is 14.4 Å². The molecule has 0 aliphatic carbocycles. The van der Waals surface area contributed by atoms with E-state index >= 15 is 0 Å². The van der Waals surface area contributed by atoms with Crippen LogP contribution < -0.4 is 27.1 Å². The Labute approximate surface area is 290 Å². The van der Waals surface area contributed by atoms with E-state index in [1.165, 1.54) is 0 Å². The molecular formula is C35H43N7O8. The summed E-state index contributed by atoms with van der Waals surface area (Å²) in [5.74, 6) is -1.98. The molecule has 0 unspecified atom stereocenters. The van der Waals surface area contributed by atoms with Crippen molar-refractivity contribution >= 4 is 35.5 Å². The molecule has 50 heavy (non-hydrogen) atoms. The number of carbonyl (C=O) groups excluding carboxylic acids is 4. The van der Waals surface area contributed by atoms with Gasteiger partial charge in [0.05, 0.1) is 6.42 Å². The highest BCUT2D eigenvalue weighted by Crippen LogP contribution is 2.14. The second kappa shape index (κ2) is 19.1. The van der Waals surface area contributed by atoms with Crippen LogP contribution in [-0.2, 0) is 43.3 Å². The molecule has 2 atom stereocenters. The fraction of sp³-hybridized carbons (Fsp3) is 0.343. The number of hydrogen-bond donors (Lipinski definition) is 5. The number of benzene rings is 3. The Morgan fingerprint density at radius 3 is 2.06 bits per heavy atom. The molecule has 3 rings (SSSR count). The lowest BCUT2D eigenvalue weighted by Gasteiger charge is -2.25. The number of amides is 3. The quantitative estimate of drug-likeness (QED) is 0.0369. The molecule has 0 saturated heterocycles. The van der Waals surface area contributed by atoms with Gasteiger partial charge in [-0.15, -0.1) is 0 Å². The van der Waals surface area contributed by atoms with Crippen LogP contribution in [0, 0.1) is 10.1 Å². The molecule has 3 aromatic rings. The van der Waals surface area contributed by atoms with Crippen molar-refractivity contribution in [1.29, 1.82) is 0 Å². The van der Waals surface area contributed by atoms with Crippen molar-refractivity contribution in [3.8, 4) is 0 Å². The van der Waals surface area contributed by atoms with E-state index < -0.39 is 52.6 Å². The molecule has 15 heteroatoms. The third kappa shape index (κ3) is 14.8. The van der Waals surface area contributed by atoms with Crippen molar-refractivity contribution < 1.29 is 33.7 Å². The average Bonchev–Trinajstić information content (AvgIpc) is 3.05. The molecule has 0 heterocycles. The fourth-order valence-electron chi connectivity index (χ4n) is 4.56. The number of esters is 1. The summed E-state index contributed by atoms with van der Waals surface area (Å²) in [6.45, 7) is 5.20. The van der Waals surface area contributed by atoms with Crippen LogP contribution in [0.4, 0.5) is 10.5 Å². The molecule has 0 aromatic heterocycles. The minimum Gasteiger partial charge on any atom is -0.461 e. The van der Waals surface area contributed by atoms with Gasteiger partial charge in [0.25, 0.3) is 5.96 Å². The van der Waals surface area contributed by atoms with E-state index in [1.807, 2.05) is 60.7 Å². The van der Waals surface area contributed by atoms with Crippen LogP contribution in [0.3, 0.4) is 0 Å². The van der Waals surface area contributed by atoms with Gasteiger partial charge in [0, 0.05) is 18.7 Å². The van der Waals surface area contributed by atoms with Crippen LogP contribution in [0.25, 0.3) is 0 Å². The first-order valence-electron chi connectivity index (χ1n) is 15.9. The SMILES string of the molecule is CC(C)(C)OC(=O)N[C@@H](CCCN=C(N)N[N+](=O)[O-])C(=O)N[C@@H](Cc1ccccc1)C(=O)Nc1ccc(CC(=O)OCc2ccccc2)cc1. The maximum atomic E-state index is 13.6. The first-order valence-corrected chi connectivity index (χ1v) is 15.9. The number of guanidine groups is 1. The molecule has 0 saturated carbocycles. The lowest BCUT2D eigenvalue weighted by Crippen LogP contribution is -2.53. The van der Waals surface area contributed by atoms with Gasteiger partial charge < -0.3 is 31.2 Å². The van der Waals surface area contributed by atoms with Crippen LogP contribution in [-0.4, -0.2) is 59.1 Å². The average molecular weight is 690 g/mol. The van der Waals surface area contributed by atoms with Crippen molar-refractivity contribution in [2.75, 3.05) is 11.9 Å². The number of anilines is 1. The molecule has 0 aliphatic rings. The first kappa shape index (κ1) is 38.5. The van der Waals surface area contributed by atoms with Crippen LogP contribution in [0.1, 0.15) is 50.3 Å². The molecule has 0 radical (unpaired) electrons. The van der Waals surface area contributed by atoms with Crippen LogP contribution in [0.2, 0.25) is 0 Å². The number of carbonyl (C=O) groups is 4. The molecule has 266 valence electrons. The molecule has 6 N–H and O–H groups in total. The van der Waals surface area contributed by atoms with Crippen molar-refractivity contribution in [3.63, 3.8) is 0 Å². The molecule has 0 fully saturated rings. The zero-order chi connectivity index (χ0) is 36.5. The van der Waals surface area contributed by atoms with E-state index in [0.29, 0.717) is 11.3 Å². The van der Waals surface area contributed by atoms with Crippen molar-refractivity contribution in [2.24, 2.45) is 10.7 Å². The van der Waals surface area contributed by atoms with Gasteiger partial charge in [-0.25, -0.2) is 19.9 Å². The smallest absolute Gasteiger partial charge is 0.408 e. The summed E-state index contributed by atoms with van der Waals surface area (Å²) < 4.78 is 10.7. The second-order valence-corrected chi connectivity index (χ2v) is 12.2. The van der Waals surface area contributed by atoms with Gasteiger partial charge in [-0.2, -0.15) is 0 Å². The summed E-state index contributed by atoms with van der Waals surface area (Å²) in [6.07, 6.45) is -0.408. The molecule has 15 nitrogen and oxygen atoms in total. The Kier molecular flexibility index (Phi) is 14.7. The van der Waals surface area contributed by atoms with Crippen LogP contribution in [0.5, 0.6) is 0 Å². The number of nitrogens with two attached hydrogens (primary N) is 1. The number of aliphatic imine (C=N–C) groups is 1. The van der Waals surface area contributed by atoms with Gasteiger partial charge in [-0.1, -0.05) is 78.2 Å². The van der Waals surface area contributed by atoms with Crippen molar-refractivity contribution in [2.45, 2.75) is 70.7 Å². The van der Waals surface area contributed by atoms with E-state index in [4.69, 9.17) is 15.2 Å². The number of hydrazine groups is 1. The number of alkyl carbamates (subject to hydrolysis) is 1. The number of hydrogen-bond acceptors (Lipinski definition) is 9. The fourth-order valence-corrected chi connectivity index (χ4v) is 4.56. The Hall–Kier alpha value is -5.99. The van der Waals surface area contributed by atoms with E-state index in [1.54, 1.807) is 50.5 Å². The number of ether oxygens (including phenoxy) is 2. The van der Waals surface area contributed by atoms with Gasteiger partial charge in [0.2, 0.25) is 11.8 Å².